The van der Waals surface area contributed by atoms with Crippen molar-refractivity contribution < 1.29 is 9.26 Å². The van der Waals surface area contributed by atoms with Crippen molar-refractivity contribution in [1.29, 1.82) is 0 Å². The van der Waals surface area contributed by atoms with E-state index in [-0.39, 0.29) is 6.10 Å². The third kappa shape index (κ3) is 5.66. The SMILES string of the molecule is C=P(C)(OCC(CC)OC)N(C)CC1=CC=CCC1. The van der Waals surface area contributed by atoms with Crippen LogP contribution >= 0.6 is 7.26 Å². The Morgan fingerprint density at radius 1 is 1.53 bits per heavy atom. The van der Waals surface area contributed by atoms with Gasteiger partial charge >= 0.3 is 0 Å². The topological polar surface area (TPSA) is 21.7 Å². The number of likely N-dealkylation sites (N-methyl/N-ethyl adjacent to an activating group) is 1. The zero-order valence-electron chi connectivity index (χ0n) is 12.8. The number of hydrogen-bond donors (Lipinski definition) is 0. The van der Waals surface area contributed by atoms with Crippen molar-refractivity contribution in [1.82, 2.24) is 4.67 Å². The second-order valence-corrected chi connectivity index (χ2v) is 8.26. The maximum atomic E-state index is 6.03. The average Bonchev–Trinajstić information content (AvgIpc) is 2.41. The van der Waals surface area contributed by atoms with Gasteiger partial charge in [-0.05, 0) is 33.0 Å². The van der Waals surface area contributed by atoms with E-state index >= 15 is 0 Å². The molecule has 0 aliphatic heterocycles. The molecule has 0 fully saturated rings. The minimum atomic E-state index is -1.74. The lowest BCUT2D eigenvalue weighted by atomic mass is 10.1. The summed E-state index contributed by atoms with van der Waals surface area (Å²) in [4.78, 5) is 0. The first-order valence-corrected chi connectivity index (χ1v) is 9.23. The molecule has 0 aromatic heterocycles. The fourth-order valence-corrected chi connectivity index (χ4v) is 3.09. The van der Waals surface area contributed by atoms with Crippen LogP contribution in [0.15, 0.2) is 23.8 Å². The maximum absolute atomic E-state index is 6.03. The van der Waals surface area contributed by atoms with Crippen LogP contribution in [0.1, 0.15) is 26.2 Å². The number of allylic oxidation sites excluding steroid dienone is 3. The minimum Gasteiger partial charge on any atom is -0.379 e. The third-order valence-electron chi connectivity index (χ3n) is 3.58. The molecule has 3 nitrogen and oxygen atoms in total. The zero-order chi connectivity index (χ0) is 14.3. The summed E-state index contributed by atoms with van der Waals surface area (Å²) in [6, 6.07) is 0. The van der Waals surface area contributed by atoms with E-state index < -0.39 is 7.26 Å². The number of nitrogens with zero attached hydrogens (tertiary/aromatic N) is 1. The molecule has 1 rings (SSSR count). The number of rotatable bonds is 8. The first-order chi connectivity index (χ1) is 8.99. The van der Waals surface area contributed by atoms with E-state index in [4.69, 9.17) is 9.26 Å². The molecule has 0 amide bonds. The van der Waals surface area contributed by atoms with E-state index in [2.05, 4.69) is 49.8 Å². The van der Waals surface area contributed by atoms with E-state index in [9.17, 15) is 0 Å². The molecule has 2 unspecified atom stereocenters. The summed E-state index contributed by atoms with van der Waals surface area (Å²) in [5.74, 6) is 0. The standard InChI is InChI=1S/C15H28NO2P/c1-6-15(17-3)13-18-19(4,5)16(2)12-14-10-8-7-9-11-14/h7-8,10,15H,4,6,9,11-13H2,1-3,5H3. The fourth-order valence-electron chi connectivity index (χ4n) is 1.92. The largest absolute Gasteiger partial charge is 0.379 e. The second-order valence-electron chi connectivity index (χ2n) is 5.22. The predicted molar refractivity (Wildman–Crippen MR) is 86.1 cm³/mol. The molecule has 110 valence electrons. The van der Waals surface area contributed by atoms with Gasteiger partial charge in [-0.1, -0.05) is 37.0 Å². The molecule has 0 aromatic carbocycles. The molecule has 2 atom stereocenters. The predicted octanol–water partition coefficient (Wildman–Crippen LogP) is 3.55. The monoisotopic (exact) mass is 285 g/mol. The third-order valence-corrected chi connectivity index (χ3v) is 5.87. The Kier molecular flexibility index (Phi) is 7.09. The van der Waals surface area contributed by atoms with E-state index in [1.54, 1.807) is 7.11 Å². The highest BCUT2D eigenvalue weighted by Gasteiger charge is 2.18. The van der Waals surface area contributed by atoms with E-state index in [1.165, 1.54) is 5.57 Å². The summed E-state index contributed by atoms with van der Waals surface area (Å²) < 4.78 is 13.6. The van der Waals surface area contributed by atoms with Gasteiger partial charge in [0.15, 0.2) is 0 Å². The molecule has 1 aliphatic rings. The molecule has 0 saturated carbocycles. The van der Waals surface area contributed by atoms with Gasteiger partial charge in [0.2, 0.25) is 0 Å². The Hall–Kier alpha value is -0.340. The summed E-state index contributed by atoms with van der Waals surface area (Å²) in [6.07, 6.45) is 14.3. The van der Waals surface area contributed by atoms with Gasteiger partial charge in [0, 0.05) is 13.7 Å². The van der Waals surface area contributed by atoms with E-state index in [0.29, 0.717) is 6.61 Å². The van der Waals surface area contributed by atoms with Crippen LogP contribution in [-0.4, -0.2) is 51.0 Å². The van der Waals surface area contributed by atoms with Gasteiger partial charge in [0.1, 0.15) is 0 Å². The first-order valence-electron chi connectivity index (χ1n) is 6.94. The maximum Gasteiger partial charge on any atom is 0.0806 e. The molecule has 0 N–H and O–H groups in total. The Morgan fingerprint density at radius 2 is 2.26 bits per heavy atom. The van der Waals surface area contributed by atoms with Crippen LogP contribution in [-0.2, 0) is 9.26 Å². The highest BCUT2D eigenvalue weighted by molar-refractivity contribution is 7.66. The van der Waals surface area contributed by atoms with Crippen LogP contribution in [0.4, 0.5) is 0 Å². The van der Waals surface area contributed by atoms with Crippen molar-refractivity contribution in [2.24, 2.45) is 0 Å². The Bertz CT molecular complexity index is 372. The Balaban J connectivity index is 2.48. The molecule has 19 heavy (non-hydrogen) atoms. The number of methoxy groups -OCH3 is 1. The lowest BCUT2D eigenvalue weighted by molar-refractivity contribution is 0.0574. The summed E-state index contributed by atoms with van der Waals surface area (Å²) in [7, 11) is 2.10. The van der Waals surface area contributed by atoms with Crippen LogP contribution < -0.4 is 0 Å². The average molecular weight is 285 g/mol. The van der Waals surface area contributed by atoms with Crippen LogP contribution in [0.3, 0.4) is 0 Å². The van der Waals surface area contributed by atoms with Crippen LogP contribution in [0.5, 0.6) is 0 Å². The van der Waals surface area contributed by atoms with Gasteiger partial charge < -0.3 is 9.26 Å². The number of hydrogen-bond acceptors (Lipinski definition) is 3. The van der Waals surface area contributed by atoms with Crippen LogP contribution in [0, 0.1) is 0 Å². The van der Waals surface area contributed by atoms with Gasteiger partial charge in [-0.2, -0.15) is 0 Å². The summed E-state index contributed by atoms with van der Waals surface area (Å²) in [5.41, 5.74) is 1.46. The smallest absolute Gasteiger partial charge is 0.0806 e. The van der Waals surface area contributed by atoms with Crippen LogP contribution in [0.25, 0.3) is 0 Å². The molecule has 0 radical (unpaired) electrons. The zero-order valence-corrected chi connectivity index (χ0v) is 13.7. The molecule has 0 spiro atoms. The highest BCUT2D eigenvalue weighted by atomic mass is 31.2. The summed E-state index contributed by atoms with van der Waals surface area (Å²) >= 11 is 0. The molecular weight excluding hydrogens is 257 g/mol. The van der Waals surface area contributed by atoms with Crippen molar-refractivity contribution in [2.75, 3.05) is 34.0 Å². The molecule has 4 heteroatoms. The van der Waals surface area contributed by atoms with Crippen molar-refractivity contribution in [2.45, 2.75) is 32.3 Å². The fraction of sp³-hybridized carbons (Fsp3) is 0.667. The van der Waals surface area contributed by atoms with Crippen molar-refractivity contribution in [3.05, 3.63) is 23.8 Å². The second kappa shape index (κ2) is 8.06. The van der Waals surface area contributed by atoms with E-state index in [1.807, 2.05) is 0 Å². The van der Waals surface area contributed by atoms with Gasteiger partial charge in [0.05, 0.1) is 20.0 Å². The summed E-state index contributed by atoms with van der Waals surface area (Å²) in [5, 5.41) is 0. The molecule has 0 bridgehead atoms. The normalized spacial score (nSPS) is 20.2. The summed E-state index contributed by atoms with van der Waals surface area (Å²) in [6.45, 7) is 5.81. The van der Waals surface area contributed by atoms with Gasteiger partial charge in [-0.15, -0.1) is 0 Å². The van der Waals surface area contributed by atoms with Crippen molar-refractivity contribution in [3.8, 4) is 0 Å². The van der Waals surface area contributed by atoms with Gasteiger partial charge in [-0.25, -0.2) is 0 Å². The van der Waals surface area contributed by atoms with Gasteiger partial charge in [0.25, 0.3) is 0 Å². The van der Waals surface area contributed by atoms with Gasteiger partial charge in [-0.3, -0.25) is 4.67 Å². The van der Waals surface area contributed by atoms with Crippen molar-refractivity contribution >= 4 is 13.6 Å². The number of ether oxygens (including phenoxy) is 1. The Labute approximate surface area is 118 Å². The molecular formula is C15H28NO2P. The lowest BCUT2D eigenvalue weighted by Crippen LogP contribution is -2.23. The first kappa shape index (κ1) is 16.7. The van der Waals surface area contributed by atoms with Crippen LogP contribution in [0.2, 0.25) is 0 Å². The highest BCUT2D eigenvalue weighted by Crippen LogP contribution is 2.45. The molecule has 0 saturated heterocycles. The lowest BCUT2D eigenvalue weighted by Gasteiger charge is -2.32. The molecule has 1 aliphatic carbocycles. The molecule has 0 aromatic rings. The Morgan fingerprint density at radius 3 is 2.79 bits per heavy atom. The van der Waals surface area contributed by atoms with E-state index in [0.717, 1.165) is 25.8 Å². The minimum absolute atomic E-state index is 0.173. The van der Waals surface area contributed by atoms with Crippen molar-refractivity contribution in [3.63, 3.8) is 0 Å². The molecule has 0 heterocycles. The quantitative estimate of drug-likeness (QED) is 0.637.